The van der Waals surface area contributed by atoms with Crippen LogP contribution in [-0.4, -0.2) is 22.2 Å². The Morgan fingerprint density at radius 3 is 2.80 bits per heavy atom. The van der Waals surface area contributed by atoms with Crippen molar-refractivity contribution in [1.29, 1.82) is 0 Å². The molecule has 6 nitrogen and oxygen atoms in total. The zero-order valence-corrected chi connectivity index (χ0v) is 14.0. The van der Waals surface area contributed by atoms with E-state index >= 15 is 0 Å². The van der Waals surface area contributed by atoms with Gasteiger partial charge in [0, 0.05) is 42.1 Å². The highest BCUT2D eigenvalue weighted by Gasteiger charge is 2.07. The quantitative estimate of drug-likeness (QED) is 0.723. The van der Waals surface area contributed by atoms with Crippen LogP contribution in [0.5, 0.6) is 5.88 Å². The zero-order valence-electron chi connectivity index (χ0n) is 14.0. The molecule has 2 N–H and O–H groups in total. The fraction of sp³-hybridized carbons (Fsp3) is 0.158. The van der Waals surface area contributed by atoms with Crippen LogP contribution in [0.2, 0.25) is 0 Å². The lowest BCUT2D eigenvalue weighted by Gasteiger charge is -2.11. The van der Waals surface area contributed by atoms with Crippen molar-refractivity contribution in [1.82, 2.24) is 14.9 Å². The first kappa shape index (κ1) is 16.6. The summed E-state index contributed by atoms with van der Waals surface area (Å²) in [5.74, 6) is 0.542. The number of hydrogen-bond acceptors (Lipinski definition) is 3. The van der Waals surface area contributed by atoms with Crippen molar-refractivity contribution in [3.05, 3.63) is 72.7 Å². The Bertz CT molecular complexity index is 831. The van der Waals surface area contributed by atoms with Gasteiger partial charge in [0.25, 0.3) is 0 Å². The number of carbonyl (C=O) groups is 1. The molecule has 6 heteroatoms. The maximum atomic E-state index is 12.2. The molecule has 1 aromatic carbocycles. The van der Waals surface area contributed by atoms with Crippen LogP contribution in [0.1, 0.15) is 12.5 Å². The lowest BCUT2D eigenvalue weighted by Crippen LogP contribution is -2.28. The first-order valence-corrected chi connectivity index (χ1v) is 8.11. The van der Waals surface area contributed by atoms with E-state index in [-0.39, 0.29) is 6.03 Å². The predicted molar refractivity (Wildman–Crippen MR) is 97.0 cm³/mol. The molecule has 128 valence electrons. The molecule has 0 aliphatic carbocycles. The SMILES string of the molecule is CCOc1ncccc1CNC(=O)Nc1cccc(-n2cccc2)c1. The molecule has 2 heterocycles. The molecular weight excluding hydrogens is 316 g/mol. The number of urea groups is 1. The Morgan fingerprint density at radius 2 is 2.00 bits per heavy atom. The molecule has 0 saturated heterocycles. The maximum Gasteiger partial charge on any atom is 0.319 e. The summed E-state index contributed by atoms with van der Waals surface area (Å²) in [5, 5.41) is 5.66. The summed E-state index contributed by atoms with van der Waals surface area (Å²) in [4.78, 5) is 16.3. The van der Waals surface area contributed by atoms with E-state index < -0.39 is 0 Å². The number of ether oxygens (including phenoxy) is 1. The largest absolute Gasteiger partial charge is 0.478 e. The Labute approximate surface area is 146 Å². The lowest BCUT2D eigenvalue weighted by atomic mass is 10.2. The van der Waals surface area contributed by atoms with Gasteiger partial charge in [0.05, 0.1) is 6.61 Å². The van der Waals surface area contributed by atoms with Gasteiger partial charge in [0.2, 0.25) is 5.88 Å². The monoisotopic (exact) mass is 336 g/mol. The number of benzene rings is 1. The molecule has 0 atom stereocenters. The standard InChI is InChI=1S/C19H20N4O2/c1-2-25-18-15(7-6-10-20-18)14-21-19(24)22-16-8-5-9-17(13-16)23-11-3-4-12-23/h3-13H,2,14H2,1H3,(H2,21,22,24). The Morgan fingerprint density at radius 1 is 1.16 bits per heavy atom. The number of rotatable bonds is 6. The summed E-state index contributed by atoms with van der Waals surface area (Å²) in [6.45, 7) is 2.77. The van der Waals surface area contributed by atoms with Crippen LogP contribution in [0, 0.1) is 0 Å². The molecule has 3 aromatic rings. The van der Waals surface area contributed by atoms with Crippen LogP contribution < -0.4 is 15.4 Å². The molecule has 0 bridgehead atoms. The molecule has 25 heavy (non-hydrogen) atoms. The van der Waals surface area contributed by atoms with Crippen LogP contribution in [0.25, 0.3) is 5.69 Å². The zero-order chi connectivity index (χ0) is 17.5. The van der Waals surface area contributed by atoms with Crippen LogP contribution in [0.3, 0.4) is 0 Å². The van der Waals surface area contributed by atoms with Crippen molar-refractivity contribution in [2.75, 3.05) is 11.9 Å². The third-order valence-corrected chi connectivity index (χ3v) is 3.58. The average molecular weight is 336 g/mol. The van der Waals surface area contributed by atoms with Gasteiger partial charge in [-0.1, -0.05) is 12.1 Å². The van der Waals surface area contributed by atoms with E-state index in [2.05, 4.69) is 15.6 Å². The summed E-state index contributed by atoms with van der Waals surface area (Å²) in [7, 11) is 0. The van der Waals surface area contributed by atoms with Crippen LogP contribution in [-0.2, 0) is 6.54 Å². The Hall–Kier alpha value is -3.28. The van der Waals surface area contributed by atoms with Gasteiger partial charge in [0.15, 0.2) is 0 Å². The molecule has 0 aliphatic rings. The number of nitrogens with zero attached hydrogens (tertiary/aromatic N) is 2. The fourth-order valence-corrected chi connectivity index (χ4v) is 2.43. The van der Waals surface area contributed by atoms with Crippen LogP contribution >= 0.6 is 0 Å². The first-order chi connectivity index (χ1) is 12.3. The highest BCUT2D eigenvalue weighted by atomic mass is 16.5. The maximum absolute atomic E-state index is 12.2. The molecular formula is C19H20N4O2. The molecule has 2 amide bonds. The smallest absolute Gasteiger partial charge is 0.319 e. The summed E-state index contributed by atoms with van der Waals surface area (Å²) < 4.78 is 7.44. The highest BCUT2D eigenvalue weighted by molar-refractivity contribution is 5.89. The summed E-state index contributed by atoms with van der Waals surface area (Å²) in [5.41, 5.74) is 2.54. The number of pyridine rings is 1. The van der Waals surface area contributed by atoms with Crippen LogP contribution in [0.15, 0.2) is 67.1 Å². The summed E-state index contributed by atoms with van der Waals surface area (Å²) in [6.07, 6.45) is 5.58. The van der Waals surface area contributed by atoms with Crippen LogP contribution in [0.4, 0.5) is 10.5 Å². The molecule has 0 radical (unpaired) electrons. The number of aromatic nitrogens is 2. The van der Waals surface area contributed by atoms with Gasteiger partial charge in [0.1, 0.15) is 0 Å². The van der Waals surface area contributed by atoms with Gasteiger partial charge < -0.3 is 19.9 Å². The van der Waals surface area contributed by atoms with Gasteiger partial charge in [-0.25, -0.2) is 9.78 Å². The third kappa shape index (κ3) is 4.38. The first-order valence-electron chi connectivity index (χ1n) is 8.11. The van der Waals surface area contributed by atoms with Crippen molar-refractivity contribution >= 4 is 11.7 Å². The van der Waals surface area contributed by atoms with E-state index in [1.807, 2.05) is 72.4 Å². The lowest BCUT2D eigenvalue weighted by molar-refractivity contribution is 0.251. The van der Waals surface area contributed by atoms with E-state index in [0.717, 1.165) is 16.9 Å². The minimum Gasteiger partial charge on any atom is -0.478 e. The van der Waals surface area contributed by atoms with Crippen molar-refractivity contribution < 1.29 is 9.53 Å². The van der Waals surface area contributed by atoms with E-state index in [4.69, 9.17) is 4.74 Å². The minimum atomic E-state index is -0.282. The average Bonchev–Trinajstić information content (AvgIpc) is 3.16. The molecule has 0 unspecified atom stereocenters. The predicted octanol–water partition coefficient (Wildman–Crippen LogP) is 3.59. The van der Waals surface area contributed by atoms with E-state index in [0.29, 0.717) is 19.0 Å². The van der Waals surface area contributed by atoms with Crippen molar-refractivity contribution in [3.63, 3.8) is 0 Å². The number of amides is 2. The van der Waals surface area contributed by atoms with Crippen molar-refractivity contribution in [2.45, 2.75) is 13.5 Å². The second-order valence-corrected chi connectivity index (χ2v) is 5.35. The normalized spacial score (nSPS) is 10.3. The summed E-state index contributed by atoms with van der Waals surface area (Å²) in [6, 6.07) is 15.0. The molecule has 3 rings (SSSR count). The van der Waals surface area contributed by atoms with Gasteiger partial charge in [-0.05, 0) is 43.3 Å². The third-order valence-electron chi connectivity index (χ3n) is 3.58. The Balaban J connectivity index is 1.61. The fourth-order valence-electron chi connectivity index (χ4n) is 2.43. The molecule has 0 fully saturated rings. The summed E-state index contributed by atoms with van der Waals surface area (Å²) >= 11 is 0. The molecule has 0 saturated carbocycles. The number of hydrogen-bond donors (Lipinski definition) is 2. The van der Waals surface area contributed by atoms with Gasteiger partial charge >= 0.3 is 6.03 Å². The van der Waals surface area contributed by atoms with E-state index in [1.54, 1.807) is 6.20 Å². The number of carbonyl (C=O) groups excluding carboxylic acids is 1. The second-order valence-electron chi connectivity index (χ2n) is 5.35. The molecule has 2 aromatic heterocycles. The van der Waals surface area contributed by atoms with Gasteiger partial charge in [-0.3, -0.25) is 0 Å². The number of nitrogens with one attached hydrogen (secondary N) is 2. The van der Waals surface area contributed by atoms with E-state index in [1.165, 1.54) is 0 Å². The molecule has 0 aliphatic heterocycles. The van der Waals surface area contributed by atoms with Gasteiger partial charge in [-0.15, -0.1) is 0 Å². The molecule has 0 spiro atoms. The van der Waals surface area contributed by atoms with Crippen molar-refractivity contribution in [2.24, 2.45) is 0 Å². The van der Waals surface area contributed by atoms with E-state index in [9.17, 15) is 4.79 Å². The second kappa shape index (κ2) is 8.01. The van der Waals surface area contributed by atoms with Gasteiger partial charge in [-0.2, -0.15) is 0 Å². The topological polar surface area (TPSA) is 68.2 Å². The Kier molecular flexibility index (Phi) is 5.31. The van der Waals surface area contributed by atoms with Crippen molar-refractivity contribution in [3.8, 4) is 11.6 Å². The minimum absolute atomic E-state index is 0.282. The highest BCUT2D eigenvalue weighted by Crippen LogP contribution is 2.16. The number of anilines is 1.